The van der Waals surface area contributed by atoms with Crippen molar-refractivity contribution in [2.24, 2.45) is 11.7 Å². The molecule has 0 bridgehead atoms. The number of carbonyl (C=O) groups excluding carboxylic acids is 2. The van der Waals surface area contributed by atoms with Gasteiger partial charge in [0.05, 0.1) is 6.04 Å². The largest absolute Gasteiger partial charge is 0.445 e. The Morgan fingerprint density at radius 1 is 1.18 bits per heavy atom. The second-order valence-corrected chi connectivity index (χ2v) is 8.37. The highest BCUT2D eigenvalue weighted by Gasteiger charge is 2.38. The van der Waals surface area contributed by atoms with Crippen molar-refractivity contribution in [3.05, 3.63) is 35.9 Å². The first-order chi connectivity index (χ1) is 13.5. The number of hydrogen-bond donors (Lipinski definition) is 1. The molecule has 3 rings (SSSR count). The molecule has 1 heterocycles. The number of piperidine rings is 1. The van der Waals surface area contributed by atoms with Gasteiger partial charge in [-0.1, -0.05) is 44.2 Å². The summed E-state index contributed by atoms with van der Waals surface area (Å²) in [4.78, 5) is 29.4. The van der Waals surface area contributed by atoms with Gasteiger partial charge < -0.3 is 20.3 Å². The smallest absolute Gasteiger partial charge is 0.410 e. The monoisotopic (exact) mass is 387 g/mol. The lowest BCUT2D eigenvalue weighted by molar-refractivity contribution is -0.137. The number of carbonyl (C=O) groups is 2. The number of hydrogen-bond acceptors (Lipinski definition) is 4. The van der Waals surface area contributed by atoms with Crippen molar-refractivity contribution in [2.75, 3.05) is 13.1 Å². The summed E-state index contributed by atoms with van der Waals surface area (Å²) in [7, 11) is 0. The fraction of sp³-hybridized carbons (Fsp3) is 0.636. The molecule has 6 nitrogen and oxygen atoms in total. The molecule has 28 heavy (non-hydrogen) atoms. The van der Waals surface area contributed by atoms with Gasteiger partial charge in [0.15, 0.2) is 0 Å². The van der Waals surface area contributed by atoms with Crippen molar-refractivity contribution in [3.8, 4) is 0 Å². The van der Waals surface area contributed by atoms with Crippen LogP contribution in [-0.2, 0) is 16.1 Å². The van der Waals surface area contributed by atoms with Gasteiger partial charge in [-0.25, -0.2) is 4.79 Å². The van der Waals surface area contributed by atoms with E-state index in [0.717, 1.165) is 44.2 Å². The Morgan fingerprint density at radius 2 is 1.89 bits per heavy atom. The molecule has 2 fully saturated rings. The predicted octanol–water partition coefficient (Wildman–Crippen LogP) is 3.15. The van der Waals surface area contributed by atoms with Gasteiger partial charge >= 0.3 is 6.09 Å². The number of benzene rings is 1. The molecule has 2 atom stereocenters. The fourth-order valence-corrected chi connectivity index (χ4v) is 3.75. The first-order valence-electron chi connectivity index (χ1n) is 10.5. The molecule has 1 saturated carbocycles. The standard InChI is InChI=1S/C22H33N3O3/c1-16(2)20(23)21(26)24-13-7-6-10-19(24)14-25(18-11-12-18)22(27)28-15-17-8-4-3-5-9-17/h3-5,8-9,16,18-20H,6-7,10-15,23H2,1-2H3. The highest BCUT2D eigenvalue weighted by atomic mass is 16.6. The van der Waals surface area contributed by atoms with E-state index in [9.17, 15) is 9.59 Å². The minimum Gasteiger partial charge on any atom is -0.445 e. The summed E-state index contributed by atoms with van der Waals surface area (Å²) in [6, 6.07) is 9.49. The summed E-state index contributed by atoms with van der Waals surface area (Å²) < 4.78 is 5.57. The fourth-order valence-electron chi connectivity index (χ4n) is 3.75. The summed E-state index contributed by atoms with van der Waals surface area (Å²) >= 11 is 0. The van der Waals surface area contributed by atoms with Crippen molar-refractivity contribution in [2.45, 2.75) is 70.7 Å². The molecule has 2 N–H and O–H groups in total. The third kappa shape index (κ3) is 5.25. The van der Waals surface area contributed by atoms with Crippen LogP contribution in [-0.4, -0.2) is 53.0 Å². The Kier molecular flexibility index (Phi) is 6.94. The quantitative estimate of drug-likeness (QED) is 0.780. The van der Waals surface area contributed by atoms with Crippen LogP contribution in [0, 0.1) is 5.92 Å². The molecule has 0 spiro atoms. The Balaban J connectivity index is 1.63. The van der Waals surface area contributed by atoms with Crippen molar-refractivity contribution in [1.82, 2.24) is 9.80 Å². The summed E-state index contributed by atoms with van der Waals surface area (Å²) in [5, 5.41) is 0. The van der Waals surface area contributed by atoms with E-state index in [1.165, 1.54) is 0 Å². The van der Waals surface area contributed by atoms with E-state index in [1.54, 1.807) is 0 Å². The van der Waals surface area contributed by atoms with Crippen LogP contribution in [0.5, 0.6) is 0 Å². The minimum atomic E-state index is -0.486. The number of nitrogens with zero attached hydrogens (tertiary/aromatic N) is 2. The molecule has 1 aromatic carbocycles. The van der Waals surface area contributed by atoms with Gasteiger partial charge in [0.25, 0.3) is 0 Å². The zero-order valence-electron chi connectivity index (χ0n) is 17.0. The van der Waals surface area contributed by atoms with Crippen LogP contribution in [0.4, 0.5) is 4.79 Å². The number of nitrogens with two attached hydrogens (primary N) is 1. The predicted molar refractivity (Wildman–Crippen MR) is 109 cm³/mol. The average molecular weight is 388 g/mol. The molecule has 1 saturated heterocycles. The van der Waals surface area contributed by atoms with Crippen molar-refractivity contribution < 1.29 is 14.3 Å². The number of ether oxygens (including phenoxy) is 1. The second-order valence-electron chi connectivity index (χ2n) is 8.37. The second kappa shape index (κ2) is 9.41. The third-order valence-corrected chi connectivity index (χ3v) is 5.75. The Labute approximate surface area is 168 Å². The third-order valence-electron chi connectivity index (χ3n) is 5.75. The van der Waals surface area contributed by atoms with Crippen molar-refractivity contribution in [1.29, 1.82) is 0 Å². The van der Waals surface area contributed by atoms with E-state index in [4.69, 9.17) is 10.5 Å². The molecule has 1 aromatic rings. The van der Waals surface area contributed by atoms with E-state index in [1.807, 2.05) is 54.0 Å². The lowest BCUT2D eigenvalue weighted by atomic mass is 9.97. The molecular weight excluding hydrogens is 354 g/mol. The van der Waals surface area contributed by atoms with Crippen LogP contribution in [0.15, 0.2) is 30.3 Å². The van der Waals surface area contributed by atoms with E-state index in [2.05, 4.69) is 0 Å². The molecule has 1 aliphatic heterocycles. The van der Waals surface area contributed by atoms with Gasteiger partial charge in [-0.2, -0.15) is 0 Å². The summed E-state index contributed by atoms with van der Waals surface area (Å²) in [5.41, 5.74) is 7.11. The summed E-state index contributed by atoms with van der Waals surface area (Å²) in [5.74, 6) is 0.110. The molecule has 0 radical (unpaired) electrons. The van der Waals surface area contributed by atoms with Crippen LogP contribution >= 0.6 is 0 Å². The maximum Gasteiger partial charge on any atom is 0.410 e. The molecule has 0 aromatic heterocycles. The maximum absolute atomic E-state index is 12.9. The number of rotatable bonds is 7. The first-order valence-corrected chi connectivity index (χ1v) is 10.5. The molecule has 1 aliphatic carbocycles. The Bertz CT molecular complexity index is 660. The maximum atomic E-state index is 12.9. The van der Waals surface area contributed by atoms with E-state index >= 15 is 0 Å². The Morgan fingerprint density at radius 3 is 2.54 bits per heavy atom. The van der Waals surface area contributed by atoms with Crippen LogP contribution in [0.1, 0.15) is 51.5 Å². The van der Waals surface area contributed by atoms with E-state index < -0.39 is 6.04 Å². The van der Waals surface area contributed by atoms with Crippen molar-refractivity contribution in [3.63, 3.8) is 0 Å². The highest BCUT2D eigenvalue weighted by Crippen LogP contribution is 2.30. The highest BCUT2D eigenvalue weighted by molar-refractivity contribution is 5.82. The normalized spacial score (nSPS) is 20.7. The SMILES string of the molecule is CC(C)C(N)C(=O)N1CCCCC1CN(C(=O)OCc1ccccc1)C1CC1. The lowest BCUT2D eigenvalue weighted by Gasteiger charge is -2.40. The molecule has 2 aliphatic rings. The topological polar surface area (TPSA) is 75.9 Å². The molecule has 6 heteroatoms. The molecule has 2 amide bonds. The minimum absolute atomic E-state index is 0.00750. The van der Waals surface area contributed by atoms with Crippen LogP contribution < -0.4 is 5.73 Å². The first kappa shape index (κ1) is 20.6. The lowest BCUT2D eigenvalue weighted by Crippen LogP contribution is -2.56. The summed E-state index contributed by atoms with van der Waals surface area (Å²) in [6.45, 7) is 5.47. The molecular formula is C22H33N3O3. The Hall–Kier alpha value is -2.08. The number of likely N-dealkylation sites (tertiary alicyclic amines) is 1. The molecule has 154 valence electrons. The molecule has 2 unspecified atom stereocenters. The van der Waals surface area contributed by atoms with Gasteiger partial charge in [0.1, 0.15) is 6.61 Å². The van der Waals surface area contributed by atoms with Crippen LogP contribution in [0.25, 0.3) is 0 Å². The van der Waals surface area contributed by atoms with Crippen LogP contribution in [0.2, 0.25) is 0 Å². The number of amides is 2. The zero-order valence-corrected chi connectivity index (χ0v) is 17.0. The van der Waals surface area contributed by atoms with Gasteiger partial charge in [-0.3, -0.25) is 4.79 Å². The van der Waals surface area contributed by atoms with Gasteiger partial charge in [-0.15, -0.1) is 0 Å². The van der Waals surface area contributed by atoms with Gasteiger partial charge in [0.2, 0.25) is 5.91 Å². The van der Waals surface area contributed by atoms with Gasteiger partial charge in [0, 0.05) is 25.2 Å². The zero-order chi connectivity index (χ0) is 20.1. The average Bonchev–Trinajstić information content (AvgIpc) is 3.55. The van der Waals surface area contributed by atoms with E-state index in [0.29, 0.717) is 6.54 Å². The van der Waals surface area contributed by atoms with Gasteiger partial charge in [-0.05, 0) is 43.6 Å². The van der Waals surface area contributed by atoms with E-state index in [-0.39, 0.29) is 36.6 Å². The van der Waals surface area contributed by atoms with Crippen molar-refractivity contribution >= 4 is 12.0 Å². The summed E-state index contributed by atoms with van der Waals surface area (Å²) in [6.07, 6.45) is 4.71. The van der Waals surface area contributed by atoms with Crippen LogP contribution in [0.3, 0.4) is 0 Å².